The number of nitrogens with zero attached hydrogens (tertiary/aromatic N) is 6. The average molecular weight is 495 g/mol. The molecule has 0 aliphatic rings. The first-order valence-electron chi connectivity index (χ1n) is 10.0. The van der Waals surface area contributed by atoms with Gasteiger partial charge in [0.15, 0.2) is 17.3 Å². The maximum Gasteiger partial charge on any atom is 0.273 e. The van der Waals surface area contributed by atoms with E-state index in [2.05, 4.69) is 36.3 Å². The number of rotatable bonds is 7. The van der Waals surface area contributed by atoms with Crippen LogP contribution < -0.4 is 9.47 Å². The van der Waals surface area contributed by atoms with Crippen molar-refractivity contribution in [3.05, 3.63) is 81.3 Å². The Bertz CT molecular complexity index is 1260. The monoisotopic (exact) mass is 494 g/mol. The van der Waals surface area contributed by atoms with Crippen LogP contribution in [0.4, 0.5) is 0 Å². The summed E-state index contributed by atoms with van der Waals surface area (Å²) in [6, 6.07) is 15.8. The van der Waals surface area contributed by atoms with Crippen molar-refractivity contribution in [3.63, 3.8) is 0 Å². The minimum atomic E-state index is 0.440. The quantitative estimate of drug-likeness (QED) is 0.350. The minimum absolute atomic E-state index is 0.440. The van der Waals surface area contributed by atoms with Gasteiger partial charge in [-0.25, -0.2) is 4.68 Å². The number of halogens is 1. The number of aromatic nitrogens is 5. The third-order valence-electron chi connectivity index (χ3n) is 4.78. The molecule has 0 saturated heterocycles. The van der Waals surface area contributed by atoms with Crippen LogP contribution in [0.15, 0.2) is 58.1 Å². The van der Waals surface area contributed by atoms with E-state index in [4.69, 9.17) is 9.47 Å². The van der Waals surface area contributed by atoms with E-state index < -0.39 is 0 Å². The lowest BCUT2D eigenvalue weighted by atomic mass is 10.2. The van der Waals surface area contributed by atoms with E-state index >= 15 is 0 Å². The van der Waals surface area contributed by atoms with Gasteiger partial charge in [-0.05, 0) is 66.0 Å². The molecule has 2 aromatic heterocycles. The molecule has 2 aromatic carbocycles. The normalized spacial score (nSPS) is 11.3. The molecule has 9 heteroatoms. The second-order valence-corrected chi connectivity index (χ2v) is 8.11. The molecule has 0 N–H and O–H groups in total. The van der Waals surface area contributed by atoms with Crippen LogP contribution in [0.2, 0.25) is 0 Å². The van der Waals surface area contributed by atoms with E-state index in [0.717, 1.165) is 27.0 Å². The maximum atomic E-state index is 6.01. The van der Waals surface area contributed by atoms with Gasteiger partial charge in [-0.2, -0.15) is 14.9 Å². The van der Waals surface area contributed by atoms with Gasteiger partial charge in [0.05, 0.1) is 23.5 Å². The number of aryl methyl sites for hydroxylation is 3. The smallest absolute Gasteiger partial charge is 0.273 e. The van der Waals surface area contributed by atoms with Gasteiger partial charge in [0, 0.05) is 5.69 Å². The summed E-state index contributed by atoms with van der Waals surface area (Å²) >= 11 is 3.60. The van der Waals surface area contributed by atoms with Crippen molar-refractivity contribution in [3.8, 4) is 17.4 Å². The molecule has 0 unspecified atom stereocenters. The zero-order valence-electron chi connectivity index (χ0n) is 18.3. The summed E-state index contributed by atoms with van der Waals surface area (Å²) in [6.45, 7) is 6.19. The van der Waals surface area contributed by atoms with Gasteiger partial charge in [0.1, 0.15) is 6.61 Å². The van der Waals surface area contributed by atoms with E-state index in [1.807, 2.05) is 69.3 Å². The fourth-order valence-corrected chi connectivity index (χ4v) is 3.83. The van der Waals surface area contributed by atoms with E-state index in [1.165, 1.54) is 0 Å². The van der Waals surface area contributed by atoms with Crippen LogP contribution in [-0.4, -0.2) is 38.0 Å². The first-order valence-corrected chi connectivity index (χ1v) is 10.8. The fourth-order valence-electron chi connectivity index (χ4n) is 3.25. The summed E-state index contributed by atoms with van der Waals surface area (Å²) in [4.78, 5) is 0. The molecule has 4 rings (SSSR count). The zero-order valence-corrected chi connectivity index (χ0v) is 19.9. The molecular weight excluding hydrogens is 472 g/mol. The average Bonchev–Trinajstić information content (AvgIpc) is 3.32. The molecule has 0 saturated carbocycles. The first-order chi connectivity index (χ1) is 15.5. The predicted octanol–water partition coefficient (Wildman–Crippen LogP) is 4.62. The van der Waals surface area contributed by atoms with Gasteiger partial charge in [-0.15, -0.1) is 10.2 Å². The molecule has 0 spiro atoms. The highest BCUT2D eigenvalue weighted by molar-refractivity contribution is 9.10. The van der Waals surface area contributed by atoms with Crippen LogP contribution >= 0.6 is 15.9 Å². The zero-order chi connectivity index (χ0) is 22.7. The highest BCUT2D eigenvalue weighted by Gasteiger charge is 2.15. The minimum Gasteiger partial charge on any atom is -0.493 e. The number of methoxy groups -OCH3 is 1. The van der Waals surface area contributed by atoms with Crippen molar-refractivity contribution in [2.75, 3.05) is 7.11 Å². The summed E-state index contributed by atoms with van der Waals surface area (Å²) in [6.07, 6.45) is 1.72. The van der Waals surface area contributed by atoms with Crippen LogP contribution in [0.3, 0.4) is 0 Å². The Morgan fingerprint density at radius 1 is 1.06 bits per heavy atom. The van der Waals surface area contributed by atoms with E-state index in [0.29, 0.717) is 29.9 Å². The van der Waals surface area contributed by atoms with E-state index in [1.54, 1.807) is 22.7 Å². The molecule has 0 bridgehead atoms. The molecule has 2 heterocycles. The maximum absolute atomic E-state index is 6.01. The molecule has 0 atom stereocenters. The van der Waals surface area contributed by atoms with Crippen molar-refractivity contribution in [1.82, 2.24) is 24.7 Å². The summed E-state index contributed by atoms with van der Waals surface area (Å²) in [5, 5.41) is 17.5. The molecule has 0 fully saturated rings. The Kier molecular flexibility index (Phi) is 6.36. The molecule has 0 radical (unpaired) electrons. The van der Waals surface area contributed by atoms with Crippen molar-refractivity contribution < 1.29 is 9.47 Å². The van der Waals surface area contributed by atoms with Crippen LogP contribution in [0.5, 0.6) is 11.5 Å². The molecular formula is C23H23BrN6O2. The Balaban J connectivity index is 1.61. The van der Waals surface area contributed by atoms with E-state index in [-0.39, 0.29) is 0 Å². The largest absolute Gasteiger partial charge is 0.493 e. The molecule has 8 nitrogen and oxygen atoms in total. The molecule has 164 valence electrons. The van der Waals surface area contributed by atoms with Gasteiger partial charge >= 0.3 is 0 Å². The fraction of sp³-hybridized carbons (Fsp3) is 0.217. The summed E-state index contributed by atoms with van der Waals surface area (Å²) in [5.41, 5.74) is 3.76. The SMILES string of the molecule is COc1cc(C=Nn2c(C)nnc2-n2nc(C)cc2C)cc(Br)c1OCc1ccccc1. The van der Waals surface area contributed by atoms with Crippen molar-refractivity contribution >= 4 is 22.1 Å². The Morgan fingerprint density at radius 3 is 2.53 bits per heavy atom. The molecule has 0 aliphatic heterocycles. The van der Waals surface area contributed by atoms with Crippen LogP contribution in [0.1, 0.15) is 28.3 Å². The first kappa shape index (κ1) is 21.8. The second-order valence-electron chi connectivity index (χ2n) is 7.25. The van der Waals surface area contributed by atoms with Gasteiger partial charge in [-0.3, -0.25) is 0 Å². The predicted molar refractivity (Wildman–Crippen MR) is 126 cm³/mol. The van der Waals surface area contributed by atoms with Crippen molar-refractivity contribution in [2.24, 2.45) is 5.10 Å². The Morgan fingerprint density at radius 2 is 1.84 bits per heavy atom. The van der Waals surface area contributed by atoms with E-state index in [9.17, 15) is 0 Å². The number of hydrogen-bond acceptors (Lipinski definition) is 6. The standard InChI is InChI=1S/C23H23BrN6O2/c1-15-10-16(2)29(28-15)23-27-26-17(3)30(23)25-13-19-11-20(24)22(21(12-19)31-4)32-14-18-8-6-5-7-9-18/h5-13H,14H2,1-4H3. The Hall–Kier alpha value is -3.46. The number of hydrogen-bond donors (Lipinski definition) is 0. The third-order valence-corrected chi connectivity index (χ3v) is 5.37. The second kappa shape index (κ2) is 9.35. The molecule has 0 amide bonds. The number of ether oxygens (including phenoxy) is 2. The van der Waals surface area contributed by atoms with Gasteiger partial charge in [-0.1, -0.05) is 30.3 Å². The summed E-state index contributed by atoms with van der Waals surface area (Å²) < 4.78 is 15.7. The van der Waals surface area contributed by atoms with Crippen LogP contribution in [0.25, 0.3) is 5.95 Å². The van der Waals surface area contributed by atoms with Gasteiger partial charge in [0.2, 0.25) is 0 Å². The molecule has 32 heavy (non-hydrogen) atoms. The Labute approximate surface area is 194 Å². The van der Waals surface area contributed by atoms with Crippen molar-refractivity contribution in [1.29, 1.82) is 0 Å². The lowest BCUT2D eigenvalue weighted by Gasteiger charge is -2.13. The van der Waals surface area contributed by atoms with Gasteiger partial charge in [0.25, 0.3) is 5.95 Å². The van der Waals surface area contributed by atoms with Crippen LogP contribution in [0, 0.1) is 20.8 Å². The van der Waals surface area contributed by atoms with Crippen molar-refractivity contribution in [2.45, 2.75) is 27.4 Å². The summed E-state index contributed by atoms with van der Waals surface area (Å²) in [5.74, 6) is 2.42. The van der Waals surface area contributed by atoms with Gasteiger partial charge < -0.3 is 9.47 Å². The lowest BCUT2D eigenvalue weighted by Crippen LogP contribution is -2.08. The molecule has 4 aromatic rings. The van der Waals surface area contributed by atoms with Crippen LogP contribution in [-0.2, 0) is 6.61 Å². The third kappa shape index (κ3) is 4.57. The lowest BCUT2D eigenvalue weighted by molar-refractivity contribution is 0.282. The summed E-state index contributed by atoms with van der Waals surface area (Å²) in [7, 11) is 1.61. The molecule has 0 aliphatic carbocycles. The number of benzene rings is 2. The highest BCUT2D eigenvalue weighted by Crippen LogP contribution is 2.37. The highest BCUT2D eigenvalue weighted by atomic mass is 79.9. The topological polar surface area (TPSA) is 79.4 Å².